The van der Waals surface area contributed by atoms with Gasteiger partial charge in [0.15, 0.2) is 11.3 Å². The quantitative estimate of drug-likeness (QED) is 0.0431. The number of rotatable bonds is 22. The van der Waals surface area contributed by atoms with Gasteiger partial charge in [-0.15, -0.1) is 0 Å². The minimum absolute atomic E-state index is 0.00197. The number of halogens is 4. The van der Waals surface area contributed by atoms with E-state index < -0.39 is 51.7 Å². The summed E-state index contributed by atoms with van der Waals surface area (Å²) in [6, 6.07) is 22.3. The first-order valence-corrected chi connectivity index (χ1v) is 26.9. The van der Waals surface area contributed by atoms with Gasteiger partial charge in [0.2, 0.25) is 11.9 Å². The number of hydrogen-bond donors (Lipinski definition) is 3. The molecule has 4 aromatic heterocycles. The number of nitrogens with one attached hydrogen (secondary N) is 2. The Morgan fingerprint density at radius 2 is 0.912 bits per heavy atom. The van der Waals surface area contributed by atoms with Crippen LogP contribution >= 0.6 is 0 Å². The van der Waals surface area contributed by atoms with Crippen molar-refractivity contribution in [3.8, 4) is 33.9 Å². The number of aromatic nitrogens is 6. The molecule has 1 amide bonds. The Labute approximate surface area is 461 Å². The van der Waals surface area contributed by atoms with Crippen molar-refractivity contribution in [2.75, 3.05) is 76.1 Å². The zero-order valence-corrected chi connectivity index (χ0v) is 46.3. The summed E-state index contributed by atoms with van der Waals surface area (Å²) in [5.41, 5.74) is 1.77. The minimum Gasteiger partial charge on any atom is -0.478 e. The SMILES string of the molecule is CCN(CC)CCCNc1nc(-c2cc(C(=O)N(CC)CC)ccc2C)c2ccc(=O)n(-c3c(F)cccc3F)c2n1.CCN(CC)CCCNc1nc(-c2cc(C(=O)O)ccc2C)c2ccc(=O)n(-c3c(F)cccc3F)c2n1. The van der Waals surface area contributed by atoms with E-state index in [2.05, 4.69) is 63.1 Å². The van der Waals surface area contributed by atoms with E-state index in [1.807, 2.05) is 26.8 Å². The van der Waals surface area contributed by atoms with Crippen LogP contribution in [-0.2, 0) is 0 Å². The summed E-state index contributed by atoms with van der Waals surface area (Å²) in [5.74, 6) is -4.46. The van der Waals surface area contributed by atoms with E-state index in [0.29, 0.717) is 65.0 Å². The molecule has 0 unspecified atom stereocenters. The fourth-order valence-corrected chi connectivity index (χ4v) is 9.44. The van der Waals surface area contributed by atoms with Gasteiger partial charge in [-0.1, -0.05) is 52.0 Å². The Morgan fingerprint density at radius 3 is 1.29 bits per heavy atom. The maximum Gasteiger partial charge on any atom is 0.335 e. The molecule has 3 N–H and O–H groups in total. The lowest BCUT2D eigenvalue weighted by Crippen LogP contribution is -2.30. The largest absolute Gasteiger partial charge is 0.478 e. The van der Waals surface area contributed by atoms with Crippen LogP contribution in [0.5, 0.6) is 0 Å². The monoisotopic (exact) mass is 1100 g/mol. The lowest BCUT2D eigenvalue weighted by atomic mass is 9.99. The molecule has 0 bridgehead atoms. The summed E-state index contributed by atoms with van der Waals surface area (Å²) in [5, 5.41) is 16.7. The van der Waals surface area contributed by atoms with E-state index in [9.17, 15) is 33.1 Å². The van der Waals surface area contributed by atoms with Crippen molar-refractivity contribution in [3.05, 3.63) is 163 Å². The Bertz CT molecular complexity index is 3610. The van der Waals surface area contributed by atoms with E-state index >= 15 is 8.78 Å². The van der Waals surface area contributed by atoms with E-state index in [1.54, 1.807) is 36.1 Å². The number of pyridine rings is 2. The van der Waals surface area contributed by atoms with Gasteiger partial charge in [-0.25, -0.2) is 32.3 Å². The third-order valence-corrected chi connectivity index (χ3v) is 14.0. The lowest BCUT2D eigenvalue weighted by molar-refractivity contribution is 0.0695. The fraction of sp³-hybridized carbons (Fsp3) is 0.333. The Hall–Kier alpha value is -8.36. The first kappa shape index (κ1) is 59.3. The van der Waals surface area contributed by atoms with Crippen LogP contribution in [0.2, 0.25) is 0 Å². The molecule has 0 aliphatic rings. The average Bonchev–Trinajstić information content (AvgIpc) is 3.53. The maximum absolute atomic E-state index is 15.0. The van der Waals surface area contributed by atoms with Gasteiger partial charge in [0, 0.05) is 65.8 Å². The molecule has 20 heteroatoms. The number of carboxylic acids is 1. The molecule has 420 valence electrons. The molecule has 0 fully saturated rings. The molecule has 0 aliphatic carbocycles. The molecular formula is C60H67F4N11O5. The van der Waals surface area contributed by atoms with Crippen molar-refractivity contribution < 1.29 is 32.3 Å². The number of amides is 1. The molecular weight excluding hydrogens is 1030 g/mol. The molecule has 0 aliphatic heterocycles. The molecule has 80 heavy (non-hydrogen) atoms. The van der Waals surface area contributed by atoms with Crippen LogP contribution in [0.4, 0.5) is 29.5 Å². The van der Waals surface area contributed by atoms with Crippen molar-refractivity contribution >= 4 is 45.8 Å². The first-order valence-electron chi connectivity index (χ1n) is 26.9. The third kappa shape index (κ3) is 13.2. The molecule has 0 spiro atoms. The Balaban J connectivity index is 0.000000232. The number of nitrogens with zero attached hydrogens (tertiary/aromatic N) is 9. The second kappa shape index (κ2) is 27.0. The highest BCUT2D eigenvalue weighted by Crippen LogP contribution is 2.34. The van der Waals surface area contributed by atoms with Crippen molar-refractivity contribution in [2.24, 2.45) is 0 Å². The van der Waals surface area contributed by atoms with Crippen LogP contribution in [0.1, 0.15) is 86.2 Å². The number of carbonyl (C=O) groups excluding carboxylic acids is 1. The minimum atomic E-state index is -1.11. The number of fused-ring (bicyclic) bond motifs is 2. The summed E-state index contributed by atoms with van der Waals surface area (Å²) in [7, 11) is 0. The van der Waals surface area contributed by atoms with Crippen LogP contribution in [0.15, 0.2) is 107 Å². The van der Waals surface area contributed by atoms with E-state index in [1.165, 1.54) is 42.5 Å². The van der Waals surface area contributed by atoms with Crippen molar-refractivity contribution in [3.63, 3.8) is 0 Å². The third-order valence-electron chi connectivity index (χ3n) is 14.0. The van der Waals surface area contributed by atoms with E-state index in [-0.39, 0.29) is 34.7 Å². The summed E-state index contributed by atoms with van der Waals surface area (Å²) in [4.78, 5) is 75.9. The van der Waals surface area contributed by atoms with Gasteiger partial charge in [0.1, 0.15) is 34.6 Å². The number of carbonyl (C=O) groups is 2. The molecule has 4 heterocycles. The molecule has 4 aromatic carbocycles. The van der Waals surface area contributed by atoms with Gasteiger partial charge in [-0.2, -0.15) is 9.97 Å². The summed E-state index contributed by atoms with van der Waals surface area (Å²) < 4.78 is 61.5. The van der Waals surface area contributed by atoms with E-state index in [0.717, 1.165) is 96.6 Å². The highest BCUT2D eigenvalue weighted by molar-refractivity contribution is 5.99. The molecule has 0 atom stereocenters. The highest BCUT2D eigenvalue weighted by Gasteiger charge is 2.24. The van der Waals surface area contributed by atoms with Crippen molar-refractivity contribution in [2.45, 2.75) is 68.2 Å². The van der Waals surface area contributed by atoms with Crippen LogP contribution < -0.4 is 21.8 Å². The zero-order chi connectivity index (χ0) is 57.8. The van der Waals surface area contributed by atoms with Crippen LogP contribution in [-0.4, -0.2) is 126 Å². The second-order valence-corrected chi connectivity index (χ2v) is 18.9. The van der Waals surface area contributed by atoms with Gasteiger partial charge in [-0.3, -0.25) is 23.5 Å². The normalized spacial score (nSPS) is 11.3. The predicted octanol–water partition coefficient (Wildman–Crippen LogP) is 10.5. The predicted molar refractivity (Wildman–Crippen MR) is 306 cm³/mol. The molecule has 8 rings (SSSR count). The highest BCUT2D eigenvalue weighted by atomic mass is 19.1. The van der Waals surface area contributed by atoms with Gasteiger partial charge >= 0.3 is 5.97 Å². The number of anilines is 2. The first-order chi connectivity index (χ1) is 38.5. The number of aromatic carboxylic acids is 1. The summed E-state index contributed by atoms with van der Waals surface area (Å²) in [6.07, 6.45) is 1.60. The molecule has 8 aromatic rings. The number of aryl methyl sites for hydroxylation is 2. The van der Waals surface area contributed by atoms with Crippen molar-refractivity contribution in [1.29, 1.82) is 0 Å². The molecule has 0 saturated carbocycles. The van der Waals surface area contributed by atoms with Crippen LogP contribution in [0, 0.1) is 37.1 Å². The second-order valence-electron chi connectivity index (χ2n) is 18.9. The summed E-state index contributed by atoms with van der Waals surface area (Å²) >= 11 is 0. The van der Waals surface area contributed by atoms with Gasteiger partial charge < -0.3 is 30.4 Å². The number of hydrogen-bond acceptors (Lipinski definition) is 12. The zero-order valence-electron chi connectivity index (χ0n) is 46.3. The maximum atomic E-state index is 15.0. The Kier molecular flexibility index (Phi) is 20.0. The molecule has 0 saturated heterocycles. The molecule has 0 radical (unpaired) electrons. The van der Waals surface area contributed by atoms with E-state index in [4.69, 9.17) is 4.98 Å². The molecule has 16 nitrogen and oxygen atoms in total. The van der Waals surface area contributed by atoms with Gasteiger partial charge in [0.25, 0.3) is 17.0 Å². The van der Waals surface area contributed by atoms with Gasteiger partial charge in [0.05, 0.1) is 17.0 Å². The number of para-hydroxylation sites is 2. The van der Waals surface area contributed by atoms with Gasteiger partial charge in [-0.05, 0) is 152 Å². The average molecular weight is 1100 g/mol. The lowest BCUT2D eigenvalue weighted by Gasteiger charge is -2.20. The van der Waals surface area contributed by atoms with Crippen LogP contribution in [0.3, 0.4) is 0 Å². The fourth-order valence-electron chi connectivity index (χ4n) is 9.44. The number of benzene rings is 4. The van der Waals surface area contributed by atoms with Crippen molar-refractivity contribution in [1.82, 2.24) is 43.8 Å². The number of carboxylic acid groups (broad SMARTS) is 1. The standard InChI is InChI=1S/C32H38F2N6O2.C28H29F2N5O3/c1-6-38(7-2)19-11-18-35-32-36-28(24-20-22(15-14-21(24)5)31(42)39(8-3)9-4)23-16-17-27(41)40(30(23)37-32)29-25(33)12-10-13-26(29)34;1-4-34(5-2)15-7-14-31-28-32-24(20-16-18(27(37)38)11-10-17(20)3)19-12-13-23(36)35(26(19)33-28)25-21(29)8-6-9-22(25)30/h10,12-17,20H,6-9,11,18-19H2,1-5H3,(H,35,36,37);6,8-13,16H,4-5,7,14-15H2,1-3H3,(H,37,38)(H,31,32,33). The topological polar surface area (TPSA) is 184 Å². The smallest absolute Gasteiger partial charge is 0.335 e. The van der Waals surface area contributed by atoms with Crippen LogP contribution in [0.25, 0.3) is 56.0 Å². The summed E-state index contributed by atoms with van der Waals surface area (Å²) in [6.45, 7) is 23.6. The Morgan fingerprint density at radius 1 is 0.525 bits per heavy atom.